The summed E-state index contributed by atoms with van der Waals surface area (Å²) in [6.07, 6.45) is 4.25. The number of nitriles is 1. The molecule has 0 atom stereocenters. The molecule has 0 aromatic carbocycles. The molecule has 82 valence electrons. The smallest absolute Gasteiger partial charge is 0.122 e. The van der Waals surface area contributed by atoms with Gasteiger partial charge in [-0.15, -0.1) is 0 Å². The molecule has 1 aromatic heterocycles. The molecule has 15 heavy (non-hydrogen) atoms. The predicted molar refractivity (Wildman–Crippen MR) is 62.5 cm³/mol. The van der Waals surface area contributed by atoms with Crippen LogP contribution in [-0.4, -0.2) is 4.57 Å². The largest absolute Gasteiger partial charge is 0.397 e. The Hall–Kier alpha value is -1.43. The van der Waals surface area contributed by atoms with E-state index in [1.54, 1.807) is 6.07 Å². The summed E-state index contributed by atoms with van der Waals surface area (Å²) in [7, 11) is 0. The molecule has 3 nitrogen and oxygen atoms in total. The number of nitrogens with two attached hydrogens (primary N) is 1. The summed E-state index contributed by atoms with van der Waals surface area (Å²) in [6, 6.07) is 4.00. The van der Waals surface area contributed by atoms with Gasteiger partial charge in [0, 0.05) is 12.2 Å². The highest BCUT2D eigenvalue weighted by atomic mass is 15.0. The fraction of sp³-hybridized carbons (Fsp3) is 0.583. The van der Waals surface area contributed by atoms with Crippen LogP contribution in [0.3, 0.4) is 0 Å². The Morgan fingerprint density at radius 3 is 2.67 bits per heavy atom. The third-order valence-electron chi connectivity index (χ3n) is 2.58. The number of aromatic nitrogens is 1. The van der Waals surface area contributed by atoms with Crippen molar-refractivity contribution in [1.29, 1.82) is 5.26 Å². The van der Waals surface area contributed by atoms with E-state index >= 15 is 0 Å². The van der Waals surface area contributed by atoms with Crippen molar-refractivity contribution in [1.82, 2.24) is 4.57 Å². The van der Waals surface area contributed by atoms with Gasteiger partial charge >= 0.3 is 0 Å². The zero-order valence-electron chi connectivity index (χ0n) is 9.58. The van der Waals surface area contributed by atoms with Crippen molar-refractivity contribution in [2.45, 2.75) is 46.1 Å². The van der Waals surface area contributed by atoms with Gasteiger partial charge in [0.15, 0.2) is 0 Å². The minimum atomic E-state index is 0.699. The van der Waals surface area contributed by atoms with Crippen LogP contribution < -0.4 is 5.73 Å². The van der Waals surface area contributed by atoms with E-state index in [-0.39, 0.29) is 0 Å². The van der Waals surface area contributed by atoms with E-state index < -0.39 is 0 Å². The lowest BCUT2D eigenvalue weighted by atomic mass is 10.2. The van der Waals surface area contributed by atoms with Crippen molar-refractivity contribution >= 4 is 5.69 Å². The molecule has 0 radical (unpaired) electrons. The van der Waals surface area contributed by atoms with Crippen LogP contribution >= 0.6 is 0 Å². The Morgan fingerprint density at radius 1 is 1.40 bits per heavy atom. The average Bonchev–Trinajstić information content (AvgIpc) is 2.53. The molecule has 0 aliphatic rings. The summed E-state index contributed by atoms with van der Waals surface area (Å²) in [6.45, 7) is 5.19. The standard InChI is InChI=1S/C12H19N3/c1-3-5-7-15-10(9-13)8-11(14)12(15)6-4-2/h8H,3-7,14H2,1-2H3. The van der Waals surface area contributed by atoms with Crippen LogP contribution in [0.25, 0.3) is 0 Å². The lowest BCUT2D eigenvalue weighted by Gasteiger charge is -2.09. The molecule has 1 heterocycles. The van der Waals surface area contributed by atoms with Gasteiger partial charge in [0.2, 0.25) is 0 Å². The average molecular weight is 205 g/mol. The summed E-state index contributed by atoms with van der Waals surface area (Å²) in [4.78, 5) is 0. The number of hydrogen-bond donors (Lipinski definition) is 1. The highest BCUT2D eigenvalue weighted by molar-refractivity contribution is 5.50. The quantitative estimate of drug-likeness (QED) is 0.803. The highest BCUT2D eigenvalue weighted by Gasteiger charge is 2.11. The first-order chi connectivity index (χ1) is 7.24. The minimum absolute atomic E-state index is 0.699. The number of unbranched alkanes of at least 4 members (excludes halogenated alkanes) is 1. The lowest BCUT2D eigenvalue weighted by molar-refractivity contribution is 0.602. The van der Waals surface area contributed by atoms with E-state index in [1.165, 1.54) is 0 Å². The van der Waals surface area contributed by atoms with E-state index in [4.69, 9.17) is 11.0 Å². The van der Waals surface area contributed by atoms with Gasteiger partial charge in [0.05, 0.1) is 5.69 Å². The number of hydrogen-bond acceptors (Lipinski definition) is 2. The van der Waals surface area contributed by atoms with Crippen molar-refractivity contribution in [3.63, 3.8) is 0 Å². The van der Waals surface area contributed by atoms with Gasteiger partial charge in [-0.25, -0.2) is 0 Å². The van der Waals surface area contributed by atoms with Gasteiger partial charge < -0.3 is 10.3 Å². The molecular weight excluding hydrogens is 186 g/mol. The van der Waals surface area contributed by atoms with Gasteiger partial charge in [-0.1, -0.05) is 26.7 Å². The molecule has 0 aliphatic heterocycles. The van der Waals surface area contributed by atoms with Crippen molar-refractivity contribution < 1.29 is 0 Å². The normalized spacial score (nSPS) is 10.2. The van der Waals surface area contributed by atoms with E-state index in [2.05, 4.69) is 24.5 Å². The first kappa shape index (κ1) is 11.6. The Labute approximate surface area is 91.5 Å². The monoisotopic (exact) mass is 205 g/mol. The molecule has 0 fully saturated rings. The van der Waals surface area contributed by atoms with Crippen LogP contribution in [0, 0.1) is 11.3 Å². The maximum absolute atomic E-state index is 9.00. The third-order valence-corrected chi connectivity index (χ3v) is 2.58. The first-order valence-electron chi connectivity index (χ1n) is 5.62. The second-order valence-corrected chi connectivity index (χ2v) is 3.80. The molecule has 0 saturated carbocycles. The van der Waals surface area contributed by atoms with E-state index in [1.807, 2.05) is 0 Å². The zero-order valence-corrected chi connectivity index (χ0v) is 9.58. The second-order valence-electron chi connectivity index (χ2n) is 3.80. The Bertz CT molecular complexity index is 358. The van der Waals surface area contributed by atoms with Crippen molar-refractivity contribution in [3.8, 4) is 6.07 Å². The van der Waals surface area contributed by atoms with Crippen LogP contribution in [0.5, 0.6) is 0 Å². The molecule has 1 aromatic rings. The number of anilines is 1. The predicted octanol–water partition coefficient (Wildman–Crippen LogP) is 2.69. The van der Waals surface area contributed by atoms with E-state index in [9.17, 15) is 0 Å². The Balaban J connectivity index is 3.01. The van der Waals surface area contributed by atoms with Gasteiger partial charge in [-0.3, -0.25) is 0 Å². The summed E-state index contributed by atoms with van der Waals surface area (Å²) in [5, 5.41) is 9.00. The molecule has 0 bridgehead atoms. The molecule has 0 aliphatic carbocycles. The van der Waals surface area contributed by atoms with Crippen LogP contribution in [-0.2, 0) is 13.0 Å². The van der Waals surface area contributed by atoms with Gasteiger partial charge in [-0.05, 0) is 18.9 Å². The van der Waals surface area contributed by atoms with Crippen molar-refractivity contribution in [2.75, 3.05) is 5.73 Å². The molecule has 0 unspecified atom stereocenters. The SMILES string of the molecule is CCCCn1c(C#N)cc(N)c1CCC. The summed E-state index contributed by atoms with van der Waals surface area (Å²) >= 11 is 0. The fourth-order valence-corrected chi connectivity index (χ4v) is 1.79. The highest BCUT2D eigenvalue weighted by Crippen LogP contribution is 2.20. The fourth-order valence-electron chi connectivity index (χ4n) is 1.79. The van der Waals surface area contributed by atoms with E-state index in [0.29, 0.717) is 5.69 Å². The number of nitrogen functional groups attached to an aromatic ring is 1. The minimum Gasteiger partial charge on any atom is -0.397 e. The maximum Gasteiger partial charge on any atom is 0.122 e. The summed E-state index contributed by atoms with van der Waals surface area (Å²) < 4.78 is 2.07. The van der Waals surface area contributed by atoms with Crippen molar-refractivity contribution in [3.05, 3.63) is 17.5 Å². The third kappa shape index (κ3) is 2.53. The molecule has 0 amide bonds. The van der Waals surface area contributed by atoms with Crippen LogP contribution in [0.1, 0.15) is 44.5 Å². The molecule has 3 heteroatoms. The molecule has 1 rings (SSSR count). The number of rotatable bonds is 5. The summed E-state index contributed by atoms with van der Waals surface area (Å²) in [5.74, 6) is 0. The van der Waals surface area contributed by atoms with Gasteiger partial charge in [-0.2, -0.15) is 5.26 Å². The Morgan fingerprint density at radius 2 is 2.13 bits per heavy atom. The number of nitrogens with zero attached hydrogens (tertiary/aromatic N) is 2. The lowest BCUT2D eigenvalue weighted by Crippen LogP contribution is -2.06. The first-order valence-corrected chi connectivity index (χ1v) is 5.62. The second kappa shape index (κ2) is 5.45. The zero-order chi connectivity index (χ0) is 11.3. The molecule has 0 spiro atoms. The molecular formula is C12H19N3. The van der Waals surface area contributed by atoms with Crippen LogP contribution in [0.15, 0.2) is 6.07 Å². The maximum atomic E-state index is 9.00. The van der Waals surface area contributed by atoms with E-state index in [0.717, 1.165) is 43.6 Å². The Kier molecular flexibility index (Phi) is 4.23. The van der Waals surface area contributed by atoms with Gasteiger partial charge in [0.25, 0.3) is 0 Å². The molecule has 2 N–H and O–H groups in total. The van der Waals surface area contributed by atoms with Crippen LogP contribution in [0.2, 0.25) is 0 Å². The topological polar surface area (TPSA) is 54.7 Å². The van der Waals surface area contributed by atoms with Crippen molar-refractivity contribution in [2.24, 2.45) is 0 Å². The molecule has 0 saturated heterocycles. The van der Waals surface area contributed by atoms with Gasteiger partial charge in [0.1, 0.15) is 11.8 Å². The van der Waals surface area contributed by atoms with Crippen LogP contribution in [0.4, 0.5) is 5.69 Å². The summed E-state index contributed by atoms with van der Waals surface area (Å²) in [5.41, 5.74) is 8.50.